The van der Waals surface area contributed by atoms with E-state index in [0.717, 1.165) is 19.3 Å². The number of hydrogen-bond acceptors (Lipinski definition) is 4. The molecular weight excluding hydrogens is 354 g/mol. The Hall–Kier alpha value is -0.660. The van der Waals surface area contributed by atoms with Crippen molar-refractivity contribution in [2.75, 3.05) is 12.4 Å². The first-order chi connectivity index (χ1) is 9.83. The average Bonchev–Trinajstić information content (AvgIpc) is 2.42. The second-order valence-electron chi connectivity index (χ2n) is 5.84. The summed E-state index contributed by atoms with van der Waals surface area (Å²) in [5, 5.41) is 2.83. The van der Waals surface area contributed by atoms with Crippen LogP contribution in [0.15, 0.2) is 21.6 Å². The van der Waals surface area contributed by atoms with Crippen LogP contribution in [0, 0.1) is 11.8 Å². The van der Waals surface area contributed by atoms with E-state index in [2.05, 4.69) is 44.8 Å². The molecule has 1 aromatic rings. The minimum Gasteiger partial charge on any atom is -0.372 e. The van der Waals surface area contributed by atoms with E-state index in [4.69, 9.17) is 0 Å². The molecule has 1 saturated carbocycles. The molecule has 3 unspecified atom stereocenters. The van der Waals surface area contributed by atoms with Crippen molar-refractivity contribution in [3.05, 3.63) is 16.7 Å². The summed E-state index contributed by atoms with van der Waals surface area (Å²) >= 11 is 3.28. The molecule has 0 radical (unpaired) electrons. The van der Waals surface area contributed by atoms with Crippen molar-refractivity contribution in [2.45, 2.75) is 44.0 Å². The van der Waals surface area contributed by atoms with Gasteiger partial charge in [-0.1, -0.05) is 13.8 Å². The quantitative estimate of drug-likeness (QED) is 0.848. The molecule has 0 saturated heterocycles. The van der Waals surface area contributed by atoms with E-state index in [1.54, 1.807) is 19.3 Å². The van der Waals surface area contributed by atoms with Crippen LogP contribution in [0.3, 0.4) is 0 Å². The molecule has 0 amide bonds. The molecule has 3 atom stereocenters. The third-order valence-electron chi connectivity index (χ3n) is 4.27. The van der Waals surface area contributed by atoms with Crippen molar-refractivity contribution in [1.29, 1.82) is 0 Å². The van der Waals surface area contributed by atoms with Crippen LogP contribution >= 0.6 is 15.9 Å². The lowest BCUT2D eigenvalue weighted by Gasteiger charge is -2.32. The van der Waals surface area contributed by atoms with Crippen molar-refractivity contribution in [1.82, 2.24) is 9.71 Å². The fourth-order valence-corrected chi connectivity index (χ4v) is 4.70. The first-order valence-corrected chi connectivity index (χ1v) is 9.46. The van der Waals surface area contributed by atoms with Gasteiger partial charge in [0.2, 0.25) is 10.0 Å². The minimum atomic E-state index is -3.57. The number of anilines is 1. The van der Waals surface area contributed by atoms with Crippen molar-refractivity contribution in [3.63, 3.8) is 0 Å². The van der Waals surface area contributed by atoms with Crippen LogP contribution in [-0.4, -0.2) is 26.5 Å². The van der Waals surface area contributed by atoms with Gasteiger partial charge < -0.3 is 5.32 Å². The molecule has 5 nitrogen and oxygen atoms in total. The standard InChI is InChI=1S/C14H22BrN3O2S/c1-9-4-5-12(6-10(9)2)18-21(19,20)13-7-11(15)8-17-14(13)16-3/h7-10,12,18H,4-6H2,1-3H3,(H,16,17). The maximum atomic E-state index is 12.6. The van der Waals surface area contributed by atoms with Gasteiger partial charge in [0.05, 0.1) is 0 Å². The molecule has 21 heavy (non-hydrogen) atoms. The summed E-state index contributed by atoms with van der Waals surface area (Å²) in [5.41, 5.74) is 0. The van der Waals surface area contributed by atoms with Gasteiger partial charge in [0.25, 0.3) is 0 Å². The molecule has 0 aromatic carbocycles. The van der Waals surface area contributed by atoms with Crippen LogP contribution in [0.1, 0.15) is 33.1 Å². The summed E-state index contributed by atoms with van der Waals surface area (Å²) in [5.74, 6) is 1.56. The lowest BCUT2D eigenvalue weighted by atomic mass is 9.79. The van der Waals surface area contributed by atoms with Crippen LogP contribution in [-0.2, 0) is 10.0 Å². The zero-order chi connectivity index (χ0) is 15.6. The highest BCUT2D eigenvalue weighted by atomic mass is 79.9. The first-order valence-electron chi connectivity index (χ1n) is 7.19. The zero-order valence-corrected chi connectivity index (χ0v) is 15.0. The molecule has 118 valence electrons. The van der Waals surface area contributed by atoms with E-state index in [0.29, 0.717) is 22.1 Å². The third-order valence-corrected chi connectivity index (χ3v) is 6.23. The Balaban J connectivity index is 2.21. The van der Waals surface area contributed by atoms with Gasteiger partial charge >= 0.3 is 0 Å². The molecule has 7 heteroatoms. The normalized spacial score (nSPS) is 26.6. The highest BCUT2D eigenvalue weighted by Gasteiger charge is 2.29. The Labute approximate surface area is 135 Å². The lowest BCUT2D eigenvalue weighted by Crippen LogP contribution is -2.40. The Bertz CT molecular complexity index is 606. The Morgan fingerprint density at radius 1 is 1.29 bits per heavy atom. The number of sulfonamides is 1. The number of nitrogens with one attached hydrogen (secondary N) is 2. The first kappa shape index (κ1) is 16.7. The van der Waals surface area contributed by atoms with E-state index < -0.39 is 10.0 Å². The summed E-state index contributed by atoms with van der Waals surface area (Å²) in [6, 6.07) is 1.58. The van der Waals surface area contributed by atoms with Crippen molar-refractivity contribution >= 4 is 31.8 Å². The number of nitrogens with zero attached hydrogens (tertiary/aromatic N) is 1. The third kappa shape index (κ3) is 3.96. The number of halogens is 1. The summed E-state index contributed by atoms with van der Waals surface area (Å²) in [4.78, 5) is 4.29. The SMILES string of the molecule is CNc1ncc(Br)cc1S(=O)(=O)NC1CCC(C)C(C)C1. The van der Waals surface area contributed by atoms with Gasteiger partial charge in [-0.3, -0.25) is 0 Å². The molecule has 1 aliphatic rings. The van der Waals surface area contributed by atoms with E-state index in [1.165, 1.54) is 0 Å². The topological polar surface area (TPSA) is 71.1 Å². The number of aromatic nitrogens is 1. The van der Waals surface area contributed by atoms with Crippen LogP contribution in [0.4, 0.5) is 5.82 Å². The molecule has 0 aliphatic heterocycles. The largest absolute Gasteiger partial charge is 0.372 e. The van der Waals surface area contributed by atoms with E-state index in [-0.39, 0.29) is 10.9 Å². The van der Waals surface area contributed by atoms with Gasteiger partial charge in [0, 0.05) is 23.8 Å². The van der Waals surface area contributed by atoms with Crippen LogP contribution in [0.2, 0.25) is 0 Å². The maximum absolute atomic E-state index is 12.6. The molecule has 0 bridgehead atoms. The predicted molar refractivity (Wildman–Crippen MR) is 87.8 cm³/mol. The smallest absolute Gasteiger partial charge is 0.244 e. The number of hydrogen-bond donors (Lipinski definition) is 2. The van der Waals surface area contributed by atoms with Gasteiger partial charge in [-0.05, 0) is 53.1 Å². The molecule has 1 fully saturated rings. The average molecular weight is 376 g/mol. The van der Waals surface area contributed by atoms with Gasteiger partial charge in [-0.2, -0.15) is 0 Å². The molecule has 1 aromatic heterocycles. The van der Waals surface area contributed by atoms with Gasteiger partial charge in [-0.15, -0.1) is 0 Å². The zero-order valence-electron chi connectivity index (χ0n) is 12.6. The summed E-state index contributed by atoms with van der Waals surface area (Å²) < 4.78 is 28.7. The van der Waals surface area contributed by atoms with Gasteiger partial charge in [0.1, 0.15) is 10.7 Å². The number of rotatable bonds is 4. The highest BCUT2D eigenvalue weighted by molar-refractivity contribution is 9.10. The monoisotopic (exact) mass is 375 g/mol. The van der Waals surface area contributed by atoms with Gasteiger partial charge in [0.15, 0.2) is 0 Å². The molecular formula is C14H22BrN3O2S. The van der Waals surface area contributed by atoms with Crippen LogP contribution < -0.4 is 10.0 Å². The molecule has 0 spiro atoms. The minimum absolute atomic E-state index is 0.00453. The van der Waals surface area contributed by atoms with Crippen molar-refractivity contribution in [3.8, 4) is 0 Å². The Morgan fingerprint density at radius 3 is 2.62 bits per heavy atom. The lowest BCUT2D eigenvalue weighted by molar-refractivity contribution is 0.242. The van der Waals surface area contributed by atoms with Crippen LogP contribution in [0.25, 0.3) is 0 Å². The second kappa shape index (κ2) is 6.62. The predicted octanol–water partition coefficient (Wildman–Crippen LogP) is 2.99. The fraction of sp³-hybridized carbons (Fsp3) is 0.643. The molecule has 2 N–H and O–H groups in total. The van der Waals surface area contributed by atoms with E-state index >= 15 is 0 Å². The van der Waals surface area contributed by atoms with Crippen LogP contribution in [0.5, 0.6) is 0 Å². The summed E-state index contributed by atoms with van der Waals surface area (Å²) in [6.07, 6.45) is 4.41. The Kier molecular flexibility index (Phi) is 5.27. The van der Waals surface area contributed by atoms with E-state index in [1.807, 2.05) is 0 Å². The number of pyridine rings is 1. The molecule has 2 rings (SSSR count). The maximum Gasteiger partial charge on any atom is 0.244 e. The molecule has 1 heterocycles. The van der Waals surface area contributed by atoms with Crippen molar-refractivity contribution in [2.24, 2.45) is 11.8 Å². The summed E-state index contributed by atoms with van der Waals surface area (Å²) in [6.45, 7) is 4.41. The second-order valence-corrected chi connectivity index (χ2v) is 8.43. The summed E-state index contributed by atoms with van der Waals surface area (Å²) in [7, 11) is -1.90. The van der Waals surface area contributed by atoms with Crippen molar-refractivity contribution < 1.29 is 8.42 Å². The fourth-order valence-electron chi connectivity index (χ4n) is 2.75. The molecule has 1 aliphatic carbocycles. The Morgan fingerprint density at radius 2 is 2.00 bits per heavy atom. The van der Waals surface area contributed by atoms with E-state index in [9.17, 15) is 8.42 Å². The highest BCUT2D eigenvalue weighted by Crippen LogP contribution is 2.31. The van der Waals surface area contributed by atoms with Gasteiger partial charge in [-0.25, -0.2) is 18.1 Å².